The number of rotatable bonds is 6. The number of H-pyrrole nitrogens is 1. The Labute approximate surface area is 152 Å². The fourth-order valence-electron chi connectivity index (χ4n) is 2.74. The summed E-state index contributed by atoms with van der Waals surface area (Å²) in [7, 11) is 0. The Bertz CT molecular complexity index is 863. The van der Waals surface area contributed by atoms with E-state index in [1.165, 1.54) is 0 Å². The van der Waals surface area contributed by atoms with Crippen LogP contribution in [0.2, 0.25) is 0 Å². The summed E-state index contributed by atoms with van der Waals surface area (Å²) < 4.78 is 10.2. The van der Waals surface area contributed by atoms with E-state index >= 15 is 0 Å². The fraction of sp³-hybridized carbons (Fsp3) is 0.350. The van der Waals surface area contributed by atoms with Crippen molar-refractivity contribution in [1.82, 2.24) is 4.98 Å². The van der Waals surface area contributed by atoms with E-state index in [4.69, 9.17) is 9.47 Å². The first-order valence-corrected chi connectivity index (χ1v) is 8.40. The second-order valence-electron chi connectivity index (χ2n) is 6.14. The number of ether oxygens (including phenoxy) is 2. The Morgan fingerprint density at radius 3 is 2.15 bits per heavy atom. The van der Waals surface area contributed by atoms with Crippen LogP contribution in [0, 0.1) is 27.7 Å². The largest absolute Gasteiger partial charge is 0.462 e. The molecule has 0 aliphatic rings. The van der Waals surface area contributed by atoms with Gasteiger partial charge in [-0.1, -0.05) is 6.07 Å². The number of hydrogen-bond acceptors (Lipinski definition) is 5. The molecule has 0 aliphatic carbocycles. The smallest absolute Gasteiger partial charge is 0.340 e. The van der Waals surface area contributed by atoms with Crippen molar-refractivity contribution in [2.24, 2.45) is 0 Å². The van der Waals surface area contributed by atoms with Crippen molar-refractivity contribution < 1.29 is 23.9 Å². The van der Waals surface area contributed by atoms with Crippen LogP contribution in [0.15, 0.2) is 18.2 Å². The number of ketones is 1. The molecule has 2 rings (SSSR count). The number of carbonyl (C=O) groups is 3. The molecule has 0 saturated carbocycles. The monoisotopic (exact) mass is 357 g/mol. The number of hydrogen-bond donors (Lipinski definition) is 1. The molecule has 1 heterocycles. The standard InChI is InChI=1S/C20H23NO5/c1-6-25-20(24)18-14(5)21-13(4)17(18)16(22)10-26-19(23)15-8-7-11(2)12(3)9-15/h7-9,21H,6,10H2,1-5H3. The third-order valence-electron chi connectivity index (χ3n) is 4.21. The van der Waals surface area contributed by atoms with Crippen molar-refractivity contribution in [2.45, 2.75) is 34.6 Å². The predicted molar refractivity (Wildman–Crippen MR) is 96.8 cm³/mol. The van der Waals surface area contributed by atoms with Gasteiger partial charge in [-0.15, -0.1) is 0 Å². The van der Waals surface area contributed by atoms with E-state index in [9.17, 15) is 14.4 Å². The van der Waals surface area contributed by atoms with Gasteiger partial charge >= 0.3 is 11.9 Å². The number of aromatic amines is 1. The third-order valence-corrected chi connectivity index (χ3v) is 4.21. The van der Waals surface area contributed by atoms with Crippen LogP contribution in [0.1, 0.15) is 60.5 Å². The molecule has 0 saturated heterocycles. The van der Waals surface area contributed by atoms with Crippen LogP contribution < -0.4 is 0 Å². The number of esters is 2. The van der Waals surface area contributed by atoms with Gasteiger partial charge in [-0.2, -0.15) is 0 Å². The van der Waals surface area contributed by atoms with Crippen molar-refractivity contribution in [3.63, 3.8) is 0 Å². The van der Waals surface area contributed by atoms with Gasteiger partial charge in [-0.3, -0.25) is 4.79 Å². The van der Waals surface area contributed by atoms with E-state index in [1.807, 2.05) is 19.9 Å². The highest BCUT2D eigenvalue weighted by molar-refractivity contribution is 6.09. The van der Waals surface area contributed by atoms with Crippen molar-refractivity contribution in [3.05, 3.63) is 57.4 Å². The zero-order valence-electron chi connectivity index (χ0n) is 15.7. The minimum absolute atomic E-state index is 0.191. The first-order chi connectivity index (χ1) is 12.3. The minimum Gasteiger partial charge on any atom is -0.462 e. The zero-order chi connectivity index (χ0) is 19.4. The van der Waals surface area contributed by atoms with Crippen LogP contribution in [-0.4, -0.2) is 35.9 Å². The van der Waals surface area contributed by atoms with Gasteiger partial charge in [0.05, 0.1) is 23.3 Å². The van der Waals surface area contributed by atoms with E-state index in [0.29, 0.717) is 17.0 Å². The normalized spacial score (nSPS) is 10.5. The first-order valence-electron chi connectivity index (χ1n) is 8.40. The molecule has 138 valence electrons. The highest BCUT2D eigenvalue weighted by Gasteiger charge is 2.26. The summed E-state index contributed by atoms with van der Waals surface area (Å²) in [6.07, 6.45) is 0. The lowest BCUT2D eigenvalue weighted by atomic mass is 10.0. The van der Waals surface area contributed by atoms with Crippen LogP contribution in [0.4, 0.5) is 0 Å². The Morgan fingerprint density at radius 1 is 0.885 bits per heavy atom. The summed E-state index contributed by atoms with van der Waals surface area (Å²) in [6.45, 7) is 8.68. The number of benzene rings is 1. The lowest BCUT2D eigenvalue weighted by Gasteiger charge is -2.08. The average molecular weight is 357 g/mol. The van der Waals surface area contributed by atoms with Crippen LogP contribution in [0.25, 0.3) is 0 Å². The van der Waals surface area contributed by atoms with E-state index in [0.717, 1.165) is 11.1 Å². The Balaban J connectivity index is 2.16. The lowest BCUT2D eigenvalue weighted by Crippen LogP contribution is -2.18. The quantitative estimate of drug-likeness (QED) is 0.632. The van der Waals surface area contributed by atoms with E-state index in [1.54, 1.807) is 32.9 Å². The summed E-state index contributed by atoms with van der Waals surface area (Å²) in [5, 5.41) is 0. The second kappa shape index (κ2) is 7.99. The second-order valence-corrected chi connectivity index (χ2v) is 6.14. The van der Waals surface area contributed by atoms with Gasteiger partial charge in [-0.05, 0) is 57.9 Å². The molecule has 0 fully saturated rings. The van der Waals surface area contributed by atoms with Crippen LogP contribution in [-0.2, 0) is 9.47 Å². The molecule has 2 aromatic rings. The van der Waals surface area contributed by atoms with Crippen LogP contribution in [0.5, 0.6) is 0 Å². The molecule has 0 aliphatic heterocycles. The number of aryl methyl sites for hydroxylation is 4. The SMILES string of the molecule is CCOC(=O)c1c(C)[nH]c(C)c1C(=O)COC(=O)c1ccc(C)c(C)c1. The molecule has 6 nitrogen and oxygen atoms in total. The summed E-state index contributed by atoms with van der Waals surface area (Å²) in [6, 6.07) is 5.20. The first kappa shape index (κ1) is 19.4. The highest BCUT2D eigenvalue weighted by atomic mass is 16.5. The topological polar surface area (TPSA) is 85.5 Å². The summed E-state index contributed by atoms with van der Waals surface area (Å²) >= 11 is 0. The molecule has 0 amide bonds. The Morgan fingerprint density at radius 2 is 1.54 bits per heavy atom. The predicted octanol–water partition coefficient (Wildman–Crippen LogP) is 3.46. The number of Topliss-reactive ketones (excluding diaryl/α,β-unsaturated/α-hetero) is 1. The minimum atomic E-state index is -0.580. The summed E-state index contributed by atoms with van der Waals surface area (Å²) in [4.78, 5) is 39.8. The Kier molecular flexibility index (Phi) is 5.97. The van der Waals surface area contributed by atoms with E-state index in [2.05, 4.69) is 4.98 Å². The maximum absolute atomic E-state index is 12.6. The van der Waals surface area contributed by atoms with Crippen LogP contribution >= 0.6 is 0 Å². The van der Waals surface area contributed by atoms with Gasteiger partial charge in [0.2, 0.25) is 5.78 Å². The van der Waals surface area contributed by atoms with E-state index < -0.39 is 24.3 Å². The molecule has 1 N–H and O–H groups in total. The average Bonchev–Trinajstić information content (AvgIpc) is 2.89. The molecule has 1 aromatic carbocycles. The van der Waals surface area contributed by atoms with Crippen LogP contribution in [0.3, 0.4) is 0 Å². The van der Waals surface area contributed by atoms with Gasteiger partial charge < -0.3 is 14.5 Å². The number of nitrogens with one attached hydrogen (secondary N) is 1. The third kappa shape index (κ3) is 4.02. The maximum Gasteiger partial charge on any atom is 0.340 e. The molecule has 6 heteroatoms. The number of carbonyl (C=O) groups excluding carboxylic acids is 3. The molecular formula is C20H23NO5. The van der Waals surface area contributed by atoms with Crippen molar-refractivity contribution in [3.8, 4) is 0 Å². The van der Waals surface area contributed by atoms with Crippen molar-refractivity contribution in [1.29, 1.82) is 0 Å². The maximum atomic E-state index is 12.6. The highest BCUT2D eigenvalue weighted by Crippen LogP contribution is 2.20. The lowest BCUT2D eigenvalue weighted by molar-refractivity contribution is 0.0472. The van der Waals surface area contributed by atoms with Crippen molar-refractivity contribution in [2.75, 3.05) is 13.2 Å². The van der Waals surface area contributed by atoms with Gasteiger partial charge in [0.25, 0.3) is 0 Å². The van der Waals surface area contributed by atoms with Crippen molar-refractivity contribution >= 4 is 17.7 Å². The zero-order valence-corrected chi connectivity index (χ0v) is 15.7. The summed E-state index contributed by atoms with van der Waals surface area (Å²) in [5.41, 5.74) is 3.89. The molecular weight excluding hydrogens is 334 g/mol. The molecule has 0 radical (unpaired) electrons. The van der Waals surface area contributed by atoms with Gasteiger partial charge in [0.15, 0.2) is 6.61 Å². The van der Waals surface area contributed by atoms with E-state index in [-0.39, 0.29) is 17.7 Å². The molecule has 0 unspecified atom stereocenters. The Hall–Kier alpha value is -2.89. The summed E-state index contributed by atoms with van der Waals surface area (Å²) in [5.74, 6) is -1.60. The van der Waals surface area contributed by atoms with Gasteiger partial charge in [0.1, 0.15) is 0 Å². The van der Waals surface area contributed by atoms with Gasteiger partial charge in [-0.25, -0.2) is 9.59 Å². The molecule has 0 atom stereocenters. The van der Waals surface area contributed by atoms with Gasteiger partial charge in [0, 0.05) is 11.4 Å². The molecule has 0 bridgehead atoms. The molecule has 26 heavy (non-hydrogen) atoms. The molecule has 0 spiro atoms. The fourth-order valence-corrected chi connectivity index (χ4v) is 2.74. The molecule has 1 aromatic heterocycles. The number of aromatic nitrogens is 1.